The van der Waals surface area contributed by atoms with Crippen LogP contribution in [0.5, 0.6) is 0 Å². The summed E-state index contributed by atoms with van der Waals surface area (Å²) in [6.45, 7) is 1.61. The number of nitrogens with one attached hydrogen (secondary N) is 1. The molecule has 0 fully saturated rings. The van der Waals surface area contributed by atoms with E-state index in [1.807, 2.05) is 0 Å². The van der Waals surface area contributed by atoms with Gasteiger partial charge in [-0.3, -0.25) is 10.0 Å². The molecule has 0 saturated heterocycles. The average Bonchev–Trinajstić information content (AvgIpc) is 2.34. The van der Waals surface area contributed by atoms with Gasteiger partial charge in [0.1, 0.15) is 6.04 Å². The van der Waals surface area contributed by atoms with Crippen molar-refractivity contribution in [2.75, 3.05) is 7.05 Å². The molecule has 2 N–H and O–H groups in total. The Morgan fingerprint density at radius 2 is 2.27 bits per heavy atom. The largest absolute Gasteiger partial charge is 0.480 e. The van der Waals surface area contributed by atoms with Crippen molar-refractivity contribution in [3.8, 4) is 0 Å². The van der Waals surface area contributed by atoms with Gasteiger partial charge in [-0.2, -0.15) is 0 Å². The molecule has 62 valence electrons. The minimum atomic E-state index is -0.850. The first kappa shape index (κ1) is 7.87. The van der Waals surface area contributed by atoms with E-state index in [0.717, 1.165) is 0 Å². The van der Waals surface area contributed by atoms with Gasteiger partial charge in [-0.15, -0.1) is 5.53 Å². The maximum absolute atomic E-state index is 10.5. The number of carboxylic acids is 1. The molecule has 11 heavy (non-hydrogen) atoms. The Hall–Kier alpha value is -1.23. The zero-order valence-corrected chi connectivity index (χ0v) is 6.48. The molecule has 1 atom stereocenters. The van der Waals surface area contributed by atoms with E-state index < -0.39 is 12.0 Å². The summed E-state index contributed by atoms with van der Waals surface area (Å²) < 4.78 is 0. The van der Waals surface area contributed by atoms with Gasteiger partial charge in [-0.25, -0.2) is 4.79 Å². The van der Waals surface area contributed by atoms with Crippen LogP contribution in [-0.4, -0.2) is 34.2 Å². The van der Waals surface area contributed by atoms with E-state index in [0.29, 0.717) is 0 Å². The van der Waals surface area contributed by atoms with Crippen molar-refractivity contribution in [3.63, 3.8) is 0 Å². The topological polar surface area (TPSA) is 55.8 Å². The summed E-state index contributed by atoms with van der Waals surface area (Å²) >= 11 is 0. The molecule has 5 nitrogen and oxygen atoms in total. The molecule has 0 bridgehead atoms. The molecule has 0 saturated carbocycles. The molecule has 0 radical (unpaired) electrons. The fraction of sp³-hybridized carbons (Fsp3) is 0.500. The number of carbonyl (C=O) groups is 1. The zero-order valence-electron chi connectivity index (χ0n) is 6.48. The summed E-state index contributed by atoms with van der Waals surface area (Å²) in [7, 11) is 1.80. The maximum Gasteiger partial charge on any atom is 0.327 e. The van der Waals surface area contributed by atoms with E-state index in [2.05, 4.69) is 5.53 Å². The van der Waals surface area contributed by atoms with Gasteiger partial charge in [-0.1, -0.05) is 0 Å². The third kappa shape index (κ3) is 1.62. The third-order valence-electron chi connectivity index (χ3n) is 1.50. The van der Waals surface area contributed by atoms with Crippen molar-refractivity contribution in [2.24, 2.45) is 0 Å². The Morgan fingerprint density at radius 1 is 1.64 bits per heavy atom. The summed E-state index contributed by atoms with van der Waals surface area (Å²) in [6, 6.07) is -0.545. The van der Waals surface area contributed by atoms with Crippen molar-refractivity contribution < 1.29 is 9.90 Å². The molecule has 5 heteroatoms. The lowest BCUT2D eigenvalue weighted by Crippen LogP contribution is -2.45. The van der Waals surface area contributed by atoms with Crippen molar-refractivity contribution in [1.82, 2.24) is 15.6 Å². The number of aliphatic carboxylic acids is 1. The molecule has 0 aromatic heterocycles. The van der Waals surface area contributed by atoms with Crippen molar-refractivity contribution >= 4 is 5.97 Å². The van der Waals surface area contributed by atoms with E-state index in [9.17, 15) is 4.79 Å². The van der Waals surface area contributed by atoms with Crippen LogP contribution in [0.1, 0.15) is 6.92 Å². The lowest BCUT2D eigenvalue weighted by molar-refractivity contribution is -0.143. The lowest BCUT2D eigenvalue weighted by atomic mass is 10.3. The van der Waals surface area contributed by atoms with Crippen LogP contribution in [0.2, 0.25) is 0 Å². The monoisotopic (exact) mass is 157 g/mol. The van der Waals surface area contributed by atoms with Gasteiger partial charge in [0.05, 0.1) is 0 Å². The number of hydrogen-bond donors (Lipinski definition) is 2. The van der Waals surface area contributed by atoms with Crippen LogP contribution in [0.3, 0.4) is 0 Å². The Bertz CT molecular complexity index is 192. The van der Waals surface area contributed by atoms with Crippen LogP contribution < -0.4 is 5.53 Å². The fourth-order valence-electron chi connectivity index (χ4n) is 0.755. The van der Waals surface area contributed by atoms with Crippen molar-refractivity contribution in [2.45, 2.75) is 13.0 Å². The predicted octanol–water partition coefficient (Wildman–Crippen LogP) is -0.402. The highest BCUT2D eigenvalue weighted by Gasteiger charge is 2.20. The predicted molar refractivity (Wildman–Crippen MR) is 39.0 cm³/mol. The van der Waals surface area contributed by atoms with Gasteiger partial charge < -0.3 is 5.11 Å². The Balaban J connectivity index is 2.51. The number of rotatable bonds is 2. The Morgan fingerprint density at radius 3 is 2.64 bits per heavy atom. The van der Waals surface area contributed by atoms with E-state index >= 15 is 0 Å². The first-order valence-corrected chi connectivity index (χ1v) is 3.30. The quantitative estimate of drug-likeness (QED) is 0.571. The highest BCUT2D eigenvalue weighted by atomic mass is 16.4. The highest BCUT2D eigenvalue weighted by Crippen LogP contribution is 2.02. The van der Waals surface area contributed by atoms with Gasteiger partial charge in [0, 0.05) is 19.4 Å². The van der Waals surface area contributed by atoms with Gasteiger partial charge in [0.15, 0.2) is 0 Å². The first-order chi connectivity index (χ1) is 5.11. The van der Waals surface area contributed by atoms with Crippen LogP contribution >= 0.6 is 0 Å². The molecule has 0 aromatic carbocycles. The molecule has 1 aliphatic rings. The standard InChI is InChI=1S/C6H11N3O2/c1-5(6(10)11)9-4-3-8(2)7-9/h3-5,7H,1-2H3,(H,10,11). The Labute approximate surface area is 64.8 Å². The molecule has 0 aromatic rings. The van der Waals surface area contributed by atoms with Crippen LogP contribution in [0.15, 0.2) is 12.4 Å². The second-order valence-electron chi connectivity index (χ2n) is 2.43. The zero-order chi connectivity index (χ0) is 8.43. The summed E-state index contributed by atoms with van der Waals surface area (Å²) in [5.41, 5.74) is 2.81. The molecule has 1 aliphatic heterocycles. The summed E-state index contributed by atoms with van der Waals surface area (Å²) in [4.78, 5) is 10.5. The molecule has 1 rings (SSSR count). The van der Waals surface area contributed by atoms with Gasteiger partial charge >= 0.3 is 5.97 Å². The smallest absolute Gasteiger partial charge is 0.327 e. The van der Waals surface area contributed by atoms with E-state index in [1.165, 1.54) is 5.01 Å². The number of hydrogen-bond acceptors (Lipinski definition) is 4. The second-order valence-corrected chi connectivity index (χ2v) is 2.43. The minimum absolute atomic E-state index is 0.545. The van der Waals surface area contributed by atoms with Crippen LogP contribution in [0.4, 0.5) is 0 Å². The molecule has 1 heterocycles. The number of nitrogens with zero attached hydrogens (tertiary/aromatic N) is 2. The fourth-order valence-corrected chi connectivity index (χ4v) is 0.755. The summed E-state index contributed by atoms with van der Waals surface area (Å²) in [5.74, 6) is -0.850. The van der Waals surface area contributed by atoms with Gasteiger partial charge in [0.25, 0.3) is 0 Å². The first-order valence-electron chi connectivity index (χ1n) is 3.30. The van der Waals surface area contributed by atoms with E-state index in [1.54, 1.807) is 31.4 Å². The molecular formula is C6H11N3O2. The van der Waals surface area contributed by atoms with Gasteiger partial charge in [-0.05, 0) is 6.92 Å². The molecule has 0 spiro atoms. The highest BCUT2D eigenvalue weighted by molar-refractivity contribution is 5.73. The van der Waals surface area contributed by atoms with Gasteiger partial charge in [0.2, 0.25) is 0 Å². The second kappa shape index (κ2) is 2.79. The summed E-state index contributed by atoms with van der Waals surface area (Å²) in [5, 5.41) is 11.8. The third-order valence-corrected chi connectivity index (χ3v) is 1.50. The normalized spacial score (nSPS) is 19.1. The number of carboxylic acid groups (broad SMARTS) is 1. The summed E-state index contributed by atoms with van der Waals surface area (Å²) in [6.07, 6.45) is 3.43. The molecular weight excluding hydrogens is 146 g/mol. The van der Waals surface area contributed by atoms with Crippen LogP contribution in [-0.2, 0) is 4.79 Å². The van der Waals surface area contributed by atoms with E-state index in [-0.39, 0.29) is 0 Å². The minimum Gasteiger partial charge on any atom is -0.480 e. The maximum atomic E-state index is 10.5. The Kier molecular flexibility index (Phi) is 2.00. The average molecular weight is 157 g/mol. The van der Waals surface area contributed by atoms with Crippen molar-refractivity contribution in [1.29, 1.82) is 0 Å². The van der Waals surface area contributed by atoms with E-state index in [4.69, 9.17) is 5.11 Å². The molecule has 1 unspecified atom stereocenters. The SMILES string of the molecule is CC(C(=O)O)N1C=CN(C)N1. The number of hydrazine groups is 2. The lowest BCUT2D eigenvalue weighted by Gasteiger charge is -2.22. The van der Waals surface area contributed by atoms with Crippen LogP contribution in [0.25, 0.3) is 0 Å². The van der Waals surface area contributed by atoms with Crippen LogP contribution in [0, 0.1) is 0 Å². The molecule has 0 amide bonds. The van der Waals surface area contributed by atoms with Crippen molar-refractivity contribution in [3.05, 3.63) is 12.4 Å². The molecule has 0 aliphatic carbocycles.